The molecule has 0 radical (unpaired) electrons. The summed E-state index contributed by atoms with van der Waals surface area (Å²) in [5.41, 5.74) is -5.16. The molecule has 13 nitrogen and oxygen atoms in total. The molecular weight excluding hydrogens is 556 g/mol. The summed E-state index contributed by atoms with van der Waals surface area (Å²) in [5, 5.41) is 2.02. The van der Waals surface area contributed by atoms with Crippen molar-refractivity contribution in [2.75, 3.05) is 0 Å². The van der Waals surface area contributed by atoms with Crippen LogP contribution in [0.3, 0.4) is 0 Å². The lowest BCUT2D eigenvalue weighted by molar-refractivity contribution is -0.161. The van der Waals surface area contributed by atoms with E-state index in [0.717, 1.165) is 5.01 Å². The van der Waals surface area contributed by atoms with Crippen molar-refractivity contribution in [1.82, 2.24) is 29.6 Å². The molecule has 5 aliphatic heterocycles. The fourth-order valence-corrected chi connectivity index (χ4v) is 9.45. The topological polar surface area (TPSA) is 139 Å². The van der Waals surface area contributed by atoms with Crippen molar-refractivity contribution in [2.24, 2.45) is 0 Å². The summed E-state index contributed by atoms with van der Waals surface area (Å²) in [5.74, 6) is 0.871. The van der Waals surface area contributed by atoms with Gasteiger partial charge in [0.2, 0.25) is 17.6 Å². The molecule has 0 aromatic carbocycles. The van der Waals surface area contributed by atoms with Crippen LogP contribution in [-0.2, 0) is 28.8 Å². The Hall–Kier alpha value is -3.95. The molecule has 0 aromatic heterocycles. The maximum atomic E-state index is 14.4. The molecule has 1 atom stereocenters. The molecule has 13 heteroatoms. The van der Waals surface area contributed by atoms with Gasteiger partial charge in [0.25, 0.3) is 17.4 Å². The second-order valence-corrected chi connectivity index (χ2v) is 14.9. The molecule has 43 heavy (non-hydrogen) atoms. The number of fused-ring (bicyclic) bond motifs is 2. The number of nitrogens with zero attached hydrogens (tertiary/aromatic N) is 6. The van der Waals surface area contributed by atoms with Crippen molar-refractivity contribution < 1.29 is 33.6 Å². The first-order valence-electron chi connectivity index (χ1n) is 14.6. The quantitative estimate of drug-likeness (QED) is 0.264. The largest absolute Gasteiger partial charge is 0.359 e. The van der Waals surface area contributed by atoms with E-state index in [1.165, 1.54) is 23.8 Å². The standard InChI is InChI=1S/C30H40N6O7/c1-17(39)35-26(3,4)11-19(12-27(35,5)6)32-21(15-37)30(32)23(41)31-22(16-38)33(34(24(30)42)25(31)43)20-13-28(7,8)36(18(2)40)29(9,10)14-20/h19-20H,11-14H2,1-10H3. The van der Waals surface area contributed by atoms with E-state index in [2.05, 4.69) is 0 Å². The van der Waals surface area contributed by atoms with Gasteiger partial charge in [0, 0.05) is 42.0 Å². The molecule has 5 aliphatic rings. The van der Waals surface area contributed by atoms with Gasteiger partial charge in [-0.05, 0) is 81.1 Å². The second kappa shape index (κ2) is 8.80. The predicted octanol–water partition coefficient (Wildman–Crippen LogP) is 1.59. The zero-order valence-electron chi connectivity index (χ0n) is 26.5. The maximum Gasteiger partial charge on any atom is 0.359 e. The Bertz CT molecular complexity index is 1450. The Morgan fingerprint density at radius 3 is 1.47 bits per heavy atom. The summed E-state index contributed by atoms with van der Waals surface area (Å²) >= 11 is 0. The van der Waals surface area contributed by atoms with Gasteiger partial charge < -0.3 is 14.7 Å². The van der Waals surface area contributed by atoms with Gasteiger partial charge in [-0.3, -0.25) is 19.2 Å². The zero-order chi connectivity index (χ0) is 32.4. The number of urea groups is 1. The molecule has 5 heterocycles. The number of piperidine rings is 2. The number of carbonyl (C=O) groups excluding carboxylic acids is 7. The van der Waals surface area contributed by atoms with E-state index in [1.54, 1.807) is 21.7 Å². The lowest BCUT2D eigenvalue weighted by Crippen LogP contribution is -2.68. The first-order chi connectivity index (χ1) is 19.6. The number of hydrogen-bond acceptors (Lipinski definition) is 9. The minimum Gasteiger partial charge on any atom is -0.333 e. The van der Waals surface area contributed by atoms with Crippen LogP contribution in [0, 0.1) is 0 Å². The van der Waals surface area contributed by atoms with Gasteiger partial charge in [-0.1, -0.05) is 0 Å². The second-order valence-electron chi connectivity index (χ2n) is 14.9. The fourth-order valence-electron chi connectivity index (χ4n) is 9.45. The summed E-state index contributed by atoms with van der Waals surface area (Å²) in [6.45, 7) is 18.0. The van der Waals surface area contributed by atoms with Crippen LogP contribution >= 0.6 is 0 Å². The van der Waals surface area contributed by atoms with E-state index in [9.17, 15) is 33.6 Å². The molecule has 1 spiro atoms. The van der Waals surface area contributed by atoms with Crippen LogP contribution in [0.1, 0.15) is 94.9 Å². The van der Waals surface area contributed by atoms with Gasteiger partial charge in [0.1, 0.15) is 11.6 Å². The Balaban J connectivity index is 1.57. The Morgan fingerprint density at radius 2 is 1.09 bits per heavy atom. The van der Waals surface area contributed by atoms with Gasteiger partial charge in [-0.15, -0.1) is 0 Å². The third-order valence-corrected chi connectivity index (χ3v) is 9.82. The van der Waals surface area contributed by atoms with Crippen LogP contribution < -0.4 is 0 Å². The number of amides is 6. The van der Waals surface area contributed by atoms with Gasteiger partial charge in [0.05, 0.1) is 6.04 Å². The Morgan fingerprint density at radius 1 is 0.674 bits per heavy atom. The Labute approximate surface area is 251 Å². The summed E-state index contributed by atoms with van der Waals surface area (Å²) in [7, 11) is 0. The smallest absolute Gasteiger partial charge is 0.333 e. The molecule has 5 rings (SSSR count). The number of hydrogen-bond donors (Lipinski definition) is 0. The summed E-state index contributed by atoms with van der Waals surface area (Å²) in [4.78, 5) is 97.8. The first kappa shape index (κ1) is 30.5. The van der Waals surface area contributed by atoms with E-state index in [-0.39, 0.29) is 30.4 Å². The van der Waals surface area contributed by atoms with Crippen LogP contribution in [0.25, 0.3) is 0 Å². The van der Waals surface area contributed by atoms with E-state index >= 15 is 0 Å². The molecule has 2 bridgehead atoms. The van der Waals surface area contributed by atoms with Crippen LogP contribution in [-0.4, -0.2) is 111 Å². The van der Waals surface area contributed by atoms with Crippen LogP contribution in [0.4, 0.5) is 4.79 Å². The minimum atomic E-state index is -2.13. The molecule has 0 aliphatic carbocycles. The number of barbiturate groups is 1. The number of hydrazine groups is 1. The highest BCUT2D eigenvalue weighted by Crippen LogP contribution is 2.57. The van der Waals surface area contributed by atoms with Crippen molar-refractivity contribution in [3.8, 4) is 0 Å². The predicted molar refractivity (Wildman–Crippen MR) is 151 cm³/mol. The van der Waals surface area contributed by atoms with Gasteiger partial charge in [-0.2, -0.15) is 5.01 Å². The summed E-state index contributed by atoms with van der Waals surface area (Å²) < 4.78 is 0. The van der Waals surface area contributed by atoms with E-state index in [0.29, 0.717) is 17.7 Å². The van der Waals surface area contributed by atoms with Crippen molar-refractivity contribution in [3.63, 3.8) is 0 Å². The SMILES string of the molecule is CC(=O)N1C(C)(C)CC(N2C(=C=O)N3C(=O)N2C(=O)C2(C3=O)C(=C=O)N2C2CC(C)(C)N(C(C)=O)C(C)(C)C2)CC1(C)C. The normalized spacial score (nSPS) is 29.4. The van der Waals surface area contributed by atoms with Gasteiger partial charge >= 0.3 is 6.03 Å². The van der Waals surface area contributed by atoms with Crippen molar-refractivity contribution in [1.29, 1.82) is 0 Å². The van der Waals surface area contributed by atoms with Crippen molar-refractivity contribution in [2.45, 2.75) is 135 Å². The summed E-state index contributed by atoms with van der Waals surface area (Å²) in [6, 6.07) is -2.16. The molecule has 232 valence electrons. The zero-order valence-corrected chi connectivity index (χ0v) is 26.5. The molecule has 0 saturated carbocycles. The van der Waals surface area contributed by atoms with E-state index in [1.807, 2.05) is 55.4 Å². The maximum absolute atomic E-state index is 14.4. The molecule has 5 fully saturated rings. The molecule has 0 N–H and O–H groups in total. The summed E-state index contributed by atoms with van der Waals surface area (Å²) in [6.07, 6.45) is 1.23. The fraction of sp³-hybridized carbons (Fsp3) is 0.700. The number of carbonyl (C=O) groups is 5. The molecule has 0 aromatic rings. The molecule has 1 unspecified atom stereocenters. The third kappa shape index (κ3) is 3.80. The first-order valence-corrected chi connectivity index (χ1v) is 14.6. The van der Waals surface area contributed by atoms with Gasteiger partial charge in [-0.25, -0.2) is 24.3 Å². The number of likely N-dealkylation sites (tertiary alicyclic amines) is 2. The van der Waals surface area contributed by atoms with E-state index in [4.69, 9.17) is 0 Å². The van der Waals surface area contributed by atoms with E-state index < -0.39 is 63.4 Å². The number of rotatable bonds is 2. The lowest BCUT2D eigenvalue weighted by Gasteiger charge is -2.56. The lowest BCUT2D eigenvalue weighted by atomic mass is 9.76. The van der Waals surface area contributed by atoms with Crippen LogP contribution in [0.15, 0.2) is 11.5 Å². The average Bonchev–Trinajstić information content (AvgIpc) is 3.42. The monoisotopic (exact) mass is 596 g/mol. The third-order valence-electron chi connectivity index (χ3n) is 9.82. The van der Waals surface area contributed by atoms with Gasteiger partial charge in [0.15, 0.2) is 5.94 Å². The minimum absolute atomic E-state index is 0.121. The number of imide groups is 2. The highest BCUT2D eigenvalue weighted by atomic mass is 16.2. The highest BCUT2D eigenvalue weighted by molar-refractivity contribution is 6.30. The molecular formula is C30H40N6O7. The Kier molecular flexibility index (Phi) is 6.24. The van der Waals surface area contributed by atoms with Crippen LogP contribution in [0.5, 0.6) is 0 Å². The molecule has 6 amide bonds. The van der Waals surface area contributed by atoms with Crippen molar-refractivity contribution >= 4 is 41.5 Å². The highest BCUT2D eigenvalue weighted by Gasteiger charge is 2.81. The van der Waals surface area contributed by atoms with Crippen LogP contribution in [0.2, 0.25) is 0 Å². The average molecular weight is 597 g/mol. The van der Waals surface area contributed by atoms with Crippen molar-refractivity contribution in [3.05, 3.63) is 11.5 Å². The molecule has 5 saturated heterocycles.